The second-order valence-electron chi connectivity index (χ2n) is 4.11. The van der Waals surface area contributed by atoms with Gasteiger partial charge in [0.05, 0.1) is 10.6 Å². The molecule has 0 atom stereocenters. The summed E-state index contributed by atoms with van der Waals surface area (Å²) in [5.74, 6) is 0. The first kappa shape index (κ1) is 14.6. The third kappa shape index (κ3) is 3.83. The van der Waals surface area contributed by atoms with Crippen molar-refractivity contribution in [1.29, 1.82) is 0 Å². The van der Waals surface area contributed by atoms with Crippen LogP contribution in [0.15, 0.2) is 59.7 Å². The van der Waals surface area contributed by atoms with Gasteiger partial charge in [-0.25, -0.2) is 0 Å². The maximum atomic E-state index is 10.7. The number of benzene rings is 2. The van der Waals surface area contributed by atoms with Gasteiger partial charge in [-0.3, -0.25) is 15.5 Å². The van der Waals surface area contributed by atoms with Crippen molar-refractivity contribution < 1.29 is 4.92 Å². The lowest BCUT2D eigenvalue weighted by Crippen LogP contribution is -2.26. The molecule has 0 aliphatic carbocycles. The molecule has 0 heterocycles. The largest absolute Gasteiger partial charge is 0.375 e. The maximum Gasteiger partial charge on any atom is 0.269 e. The third-order valence-electron chi connectivity index (χ3n) is 2.68. The molecule has 0 aromatic heterocycles. The highest BCUT2D eigenvalue weighted by Gasteiger charge is 2.10. The van der Waals surface area contributed by atoms with Crippen LogP contribution in [0.2, 0.25) is 0 Å². The van der Waals surface area contributed by atoms with E-state index in [4.69, 9.17) is 18.0 Å². The van der Waals surface area contributed by atoms with E-state index in [1.165, 1.54) is 12.1 Å². The molecule has 7 heteroatoms. The molecular formula is C14H12N4O2S. The highest BCUT2D eigenvalue weighted by Crippen LogP contribution is 2.15. The van der Waals surface area contributed by atoms with Gasteiger partial charge in [-0.1, -0.05) is 30.3 Å². The minimum atomic E-state index is -0.448. The van der Waals surface area contributed by atoms with Crippen molar-refractivity contribution in [2.75, 3.05) is 0 Å². The molecule has 0 saturated heterocycles. The standard InChI is InChI=1S/C14H12N4O2S/c15-14(21)17-16-13(10-4-2-1-3-5-10)11-6-8-12(9-7-11)18(19)20/h1-9H,(H3,15,17,21)/b16-13+. The van der Waals surface area contributed by atoms with Crippen molar-refractivity contribution in [2.24, 2.45) is 10.8 Å². The summed E-state index contributed by atoms with van der Waals surface area (Å²) in [7, 11) is 0. The van der Waals surface area contributed by atoms with E-state index in [1.54, 1.807) is 12.1 Å². The van der Waals surface area contributed by atoms with Crippen molar-refractivity contribution in [3.63, 3.8) is 0 Å². The zero-order valence-electron chi connectivity index (χ0n) is 10.9. The molecule has 0 fully saturated rings. The Balaban J connectivity index is 2.42. The number of nitrogens with two attached hydrogens (primary N) is 1. The Labute approximate surface area is 126 Å². The topological polar surface area (TPSA) is 93.5 Å². The van der Waals surface area contributed by atoms with Gasteiger partial charge in [-0.05, 0) is 24.4 Å². The quantitative estimate of drug-likeness (QED) is 0.391. The SMILES string of the molecule is NC(=S)N/N=C(\c1ccccc1)c1ccc([N+](=O)[O-])cc1. The van der Waals surface area contributed by atoms with Gasteiger partial charge in [0, 0.05) is 23.3 Å². The Morgan fingerprint density at radius 2 is 1.67 bits per heavy atom. The zero-order chi connectivity index (χ0) is 15.2. The van der Waals surface area contributed by atoms with Crippen LogP contribution in [0.3, 0.4) is 0 Å². The number of nitro groups is 1. The van der Waals surface area contributed by atoms with Gasteiger partial charge in [0.25, 0.3) is 5.69 Å². The first-order valence-corrected chi connectivity index (χ1v) is 6.42. The first-order chi connectivity index (χ1) is 10.1. The Morgan fingerprint density at radius 3 is 2.19 bits per heavy atom. The minimum absolute atomic E-state index is 0.0217. The molecule has 3 N–H and O–H groups in total. The molecule has 0 aliphatic heterocycles. The molecule has 21 heavy (non-hydrogen) atoms. The molecule has 0 saturated carbocycles. The molecule has 0 radical (unpaired) electrons. The van der Waals surface area contributed by atoms with Crippen LogP contribution < -0.4 is 11.2 Å². The number of hydrogen-bond donors (Lipinski definition) is 2. The van der Waals surface area contributed by atoms with Gasteiger partial charge in [0.2, 0.25) is 0 Å². The van der Waals surface area contributed by atoms with Gasteiger partial charge < -0.3 is 5.73 Å². The summed E-state index contributed by atoms with van der Waals surface area (Å²) in [6.45, 7) is 0. The lowest BCUT2D eigenvalue weighted by molar-refractivity contribution is -0.384. The van der Waals surface area contributed by atoms with Gasteiger partial charge in [0.15, 0.2) is 5.11 Å². The number of hydrogen-bond acceptors (Lipinski definition) is 4. The number of rotatable bonds is 4. The molecular weight excluding hydrogens is 288 g/mol. The van der Waals surface area contributed by atoms with Crippen molar-refractivity contribution in [3.8, 4) is 0 Å². The smallest absolute Gasteiger partial charge is 0.269 e. The fourth-order valence-corrected chi connectivity index (χ4v) is 1.79. The van der Waals surface area contributed by atoms with E-state index in [0.29, 0.717) is 5.71 Å². The second-order valence-corrected chi connectivity index (χ2v) is 4.55. The Hall–Kier alpha value is -2.80. The summed E-state index contributed by atoms with van der Waals surface area (Å²) in [6, 6.07) is 15.5. The van der Waals surface area contributed by atoms with E-state index in [1.807, 2.05) is 30.3 Å². The predicted molar refractivity (Wildman–Crippen MR) is 85.1 cm³/mol. The van der Waals surface area contributed by atoms with Crippen molar-refractivity contribution >= 4 is 28.7 Å². The summed E-state index contributed by atoms with van der Waals surface area (Å²) in [6.07, 6.45) is 0. The molecule has 0 bridgehead atoms. The average molecular weight is 300 g/mol. The minimum Gasteiger partial charge on any atom is -0.375 e. The fourth-order valence-electron chi connectivity index (χ4n) is 1.74. The Bertz CT molecular complexity index is 684. The molecule has 2 aromatic carbocycles. The fraction of sp³-hybridized carbons (Fsp3) is 0. The normalized spacial score (nSPS) is 11.0. The van der Waals surface area contributed by atoms with Crippen LogP contribution in [0.4, 0.5) is 5.69 Å². The first-order valence-electron chi connectivity index (χ1n) is 6.01. The summed E-state index contributed by atoms with van der Waals surface area (Å²) in [5, 5.41) is 14.9. The van der Waals surface area contributed by atoms with Gasteiger partial charge >= 0.3 is 0 Å². The molecule has 2 rings (SSSR count). The van der Waals surface area contributed by atoms with Crippen LogP contribution in [0.1, 0.15) is 11.1 Å². The summed E-state index contributed by atoms with van der Waals surface area (Å²) in [4.78, 5) is 10.2. The highest BCUT2D eigenvalue weighted by molar-refractivity contribution is 7.80. The molecule has 0 unspecified atom stereocenters. The molecule has 6 nitrogen and oxygen atoms in total. The number of nitrogens with zero attached hydrogens (tertiary/aromatic N) is 2. The lowest BCUT2D eigenvalue weighted by atomic mass is 10.0. The van der Waals surface area contributed by atoms with Crippen molar-refractivity contribution in [1.82, 2.24) is 5.43 Å². The van der Waals surface area contributed by atoms with E-state index in [2.05, 4.69) is 10.5 Å². The van der Waals surface area contributed by atoms with E-state index < -0.39 is 4.92 Å². The number of nitro benzene ring substituents is 1. The molecule has 0 amide bonds. The Kier molecular flexibility index (Phi) is 4.57. The number of nitrogens with one attached hydrogen (secondary N) is 1. The average Bonchev–Trinajstić information content (AvgIpc) is 2.49. The molecule has 0 spiro atoms. The lowest BCUT2D eigenvalue weighted by Gasteiger charge is -2.07. The van der Waals surface area contributed by atoms with E-state index >= 15 is 0 Å². The Morgan fingerprint density at radius 1 is 1.10 bits per heavy atom. The van der Waals surface area contributed by atoms with Crippen LogP contribution in [0.25, 0.3) is 0 Å². The van der Waals surface area contributed by atoms with Crippen LogP contribution in [-0.2, 0) is 0 Å². The van der Waals surface area contributed by atoms with Crippen LogP contribution in [0, 0.1) is 10.1 Å². The second kappa shape index (κ2) is 6.58. The molecule has 2 aromatic rings. The van der Waals surface area contributed by atoms with Gasteiger partial charge in [0.1, 0.15) is 0 Å². The van der Waals surface area contributed by atoms with Crippen LogP contribution in [-0.4, -0.2) is 15.7 Å². The van der Waals surface area contributed by atoms with Crippen LogP contribution in [0.5, 0.6) is 0 Å². The monoisotopic (exact) mass is 300 g/mol. The summed E-state index contributed by atoms with van der Waals surface area (Å²) >= 11 is 4.74. The number of thiocarbonyl (C=S) groups is 1. The molecule has 0 aliphatic rings. The van der Waals surface area contributed by atoms with E-state index in [9.17, 15) is 10.1 Å². The van der Waals surface area contributed by atoms with Gasteiger partial charge in [-0.15, -0.1) is 0 Å². The summed E-state index contributed by atoms with van der Waals surface area (Å²) < 4.78 is 0. The number of hydrazone groups is 1. The highest BCUT2D eigenvalue weighted by atomic mass is 32.1. The summed E-state index contributed by atoms with van der Waals surface area (Å²) in [5.41, 5.74) is 10.1. The van der Waals surface area contributed by atoms with Crippen molar-refractivity contribution in [2.45, 2.75) is 0 Å². The zero-order valence-corrected chi connectivity index (χ0v) is 11.7. The molecule has 106 valence electrons. The van der Waals surface area contributed by atoms with Gasteiger partial charge in [-0.2, -0.15) is 5.10 Å². The van der Waals surface area contributed by atoms with E-state index in [0.717, 1.165) is 11.1 Å². The van der Waals surface area contributed by atoms with Crippen molar-refractivity contribution in [3.05, 3.63) is 75.8 Å². The van der Waals surface area contributed by atoms with Crippen LogP contribution >= 0.6 is 12.2 Å². The third-order valence-corrected chi connectivity index (χ3v) is 2.77. The van der Waals surface area contributed by atoms with E-state index in [-0.39, 0.29) is 10.8 Å². The maximum absolute atomic E-state index is 10.7. The number of non-ortho nitro benzene ring substituents is 1. The predicted octanol–water partition coefficient (Wildman–Crippen LogP) is 2.18.